The molecule has 0 spiro atoms. The number of benzene rings is 2. The number of aromatic nitrogens is 1. The van der Waals surface area contributed by atoms with Gasteiger partial charge in [0.1, 0.15) is 10.7 Å². The minimum atomic E-state index is -3.95. The molecule has 24 heavy (non-hydrogen) atoms. The number of halogens is 1. The van der Waals surface area contributed by atoms with E-state index >= 15 is 0 Å². The quantitative estimate of drug-likeness (QED) is 0.706. The molecule has 0 fully saturated rings. The number of nitrogens with one attached hydrogen (secondary N) is 1. The lowest BCUT2D eigenvalue weighted by molar-refractivity contribution is 0.570. The van der Waals surface area contributed by atoms with E-state index in [1.165, 1.54) is 30.0 Å². The Labute approximate surface area is 147 Å². The van der Waals surface area contributed by atoms with Crippen molar-refractivity contribution >= 4 is 38.8 Å². The summed E-state index contributed by atoms with van der Waals surface area (Å²) in [6.07, 6.45) is 0. The van der Waals surface area contributed by atoms with Gasteiger partial charge >= 0.3 is 0 Å². The summed E-state index contributed by atoms with van der Waals surface area (Å²) in [5, 5.41) is 1.97. The fourth-order valence-corrected chi connectivity index (χ4v) is 4.89. The summed E-state index contributed by atoms with van der Waals surface area (Å²) in [7, 11) is -3.95. The summed E-state index contributed by atoms with van der Waals surface area (Å²) in [4.78, 5) is 4.93. The van der Waals surface area contributed by atoms with E-state index in [0.29, 0.717) is 5.69 Å². The lowest BCUT2D eigenvalue weighted by Gasteiger charge is -2.09. The average molecular weight is 380 g/mol. The smallest absolute Gasteiger partial charge is 0.264 e. The van der Waals surface area contributed by atoms with Gasteiger partial charge in [0.25, 0.3) is 10.0 Å². The van der Waals surface area contributed by atoms with E-state index in [1.807, 2.05) is 12.3 Å². The van der Waals surface area contributed by atoms with Gasteiger partial charge in [-0.05, 0) is 43.3 Å². The molecule has 1 aromatic heterocycles. The summed E-state index contributed by atoms with van der Waals surface area (Å²) in [6.45, 7) is 1.93. The first-order chi connectivity index (χ1) is 11.4. The van der Waals surface area contributed by atoms with Gasteiger partial charge in [0.2, 0.25) is 0 Å². The van der Waals surface area contributed by atoms with E-state index in [9.17, 15) is 12.8 Å². The van der Waals surface area contributed by atoms with E-state index in [4.69, 9.17) is 0 Å². The van der Waals surface area contributed by atoms with E-state index < -0.39 is 15.8 Å². The summed E-state index contributed by atoms with van der Waals surface area (Å²) in [5.41, 5.74) is 1.34. The van der Waals surface area contributed by atoms with Crippen LogP contribution in [-0.2, 0) is 10.0 Å². The fourth-order valence-electron chi connectivity index (χ4n) is 1.94. The summed E-state index contributed by atoms with van der Waals surface area (Å²) < 4.78 is 41.4. The van der Waals surface area contributed by atoms with E-state index in [1.54, 1.807) is 35.6 Å². The molecule has 0 saturated heterocycles. The number of thiazole rings is 1. The first-order valence-electron chi connectivity index (χ1n) is 6.91. The first kappa shape index (κ1) is 16.9. The molecule has 0 aliphatic rings. The van der Waals surface area contributed by atoms with Crippen LogP contribution in [0.1, 0.15) is 5.69 Å². The molecule has 4 nitrogen and oxygen atoms in total. The van der Waals surface area contributed by atoms with Crippen LogP contribution < -0.4 is 4.72 Å². The number of hydrogen-bond acceptors (Lipinski definition) is 5. The Morgan fingerprint density at radius 2 is 1.83 bits per heavy atom. The summed E-state index contributed by atoms with van der Waals surface area (Å²) in [6, 6.07) is 12.1. The van der Waals surface area contributed by atoms with Crippen molar-refractivity contribution in [3.8, 4) is 0 Å². The molecule has 3 aromatic rings. The second kappa shape index (κ2) is 6.92. The molecule has 1 N–H and O–H groups in total. The maximum Gasteiger partial charge on any atom is 0.264 e. The molecular formula is C16H13FN2O2S3. The second-order valence-electron chi connectivity index (χ2n) is 4.92. The fraction of sp³-hybridized carbons (Fsp3) is 0.0625. The third kappa shape index (κ3) is 3.95. The maximum atomic E-state index is 13.7. The number of sulfonamides is 1. The largest absolute Gasteiger partial charge is 0.280 e. The van der Waals surface area contributed by atoms with E-state index in [0.717, 1.165) is 21.0 Å². The number of hydrogen-bond donors (Lipinski definition) is 1. The van der Waals surface area contributed by atoms with Gasteiger partial charge in [0, 0.05) is 21.7 Å². The molecule has 0 saturated carbocycles. The Bertz CT molecular complexity index is 953. The molecule has 8 heteroatoms. The van der Waals surface area contributed by atoms with Gasteiger partial charge in [0.15, 0.2) is 4.34 Å². The molecule has 0 amide bonds. The number of nitrogens with zero attached hydrogens (tertiary/aromatic N) is 1. The lowest BCUT2D eigenvalue weighted by Crippen LogP contribution is -2.14. The van der Waals surface area contributed by atoms with Crippen molar-refractivity contribution in [3.63, 3.8) is 0 Å². The molecule has 2 aromatic carbocycles. The molecule has 0 aliphatic heterocycles. The van der Waals surface area contributed by atoms with Crippen LogP contribution in [0.5, 0.6) is 0 Å². The van der Waals surface area contributed by atoms with Crippen molar-refractivity contribution in [2.24, 2.45) is 0 Å². The Balaban J connectivity index is 1.75. The molecule has 124 valence electrons. The summed E-state index contributed by atoms with van der Waals surface area (Å²) in [5.74, 6) is -0.781. The molecular weight excluding hydrogens is 367 g/mol. The van der Waals surface area contributed by atoms with Gasteiger partial charge in [-0.25, -0.2) is 17.8 Å². The first-order valence-corrected chi connectivity index (χ1v) is 10.1. The van der Waals surface area contributed by atoms with Crippen LogP contribution in [0.3, 0.4) is 0 Å². The van der Waals surface area contributed by atoms with Gasteiger partial charge in [0.05, 0.1) is 0 Å². The number of anilines is 1. The third-order valence-corrected chi connectivity index (χ3v) is 6.51. The zero-order chi connectivity index (χ0) is 17.2. The Morgan fingerprint density at radius 3 is 2.46 bits per heavy atom. The molecule has 0 aliphatic carbocycles. The van der Waals surface area contributed by atoms with Crippen molar-refractivity contribution in [2.75, 3.05) is 4.72 Å². The molecule has 0 radical (unpaired) electrons. The van der Waals surface area contributed by atoms with Gasteiger partial charge in [-0.3, -0.25) is 4.72 Å². The predicted octanol–water partition coefficient (Wildman–Crippen LogP) is 4.54. The maximum absolute atomic E-state index is 13.7. The highest BCUT2D eigenvalue weighted by Crippen LogP contribution is 2.31. The summed E-state index contributed by atoms with van der Waals surface area (Å²) >= 11 is 3.06. The van der Waals surface area contributed by atoms with E-state index in [-0.39, 0.29) is 4.90 Å². The minimum Gasteiger partial charge on any atom is -0.280 e. The van der Waals surface area contributed by atoms with Gasteiger partial charge in [-0.1, -0.05) is 23.9 Å². The van der Waals surface area contributed by atoms with Crippen LogP contribution in [0.4, 0.5) is 10.1 Å². The lowest BCUT2D eigenvalue weighted by atomic mass is 10.3. The van der Waals surface area contributed by atoms with Crippen LogP contribution in [0.25, 0.3) is 0 Å². The molecule has 1 heterocycles. The zero-order valence-corrected chi connectivity index (χ0v) is 15.0. The zero-order valence-electron chi connectivity index (χ0n) is 12.6. The topological polar surface area (TPSA) is 59.1 Å². The van der Waals surface area contributed by atoms with Crippen molar-refractivity contribution in [1.82, 2.24) is 4.98 Å². The van der Waals surface area contributed by atoms with Crippen molar-refractivity contribution < 1.29 is 12.8 Å². The van der Waals surface area contributed by atoms with Crippen LogP contribution in [-0.4, -0.2) is 13.4 Å². The highest BCUT2D eigenvalue weighted by atomic mass is 32.2. The van der Waals surface area contributed by atoms with Crippen molar-refractivity contribution in [2.45, 2.75) is 21.1 Å². The van der Waals surface area contributed by atoms with Gasteiger partial charge in [-0.15, -0.1) is 11.3 Å². The Hall–Kier alpha value is -1.90. The normalized spacial score (nSPS) is 11.4. The SMILES string of the molecule is Cc1csc(Sc2ccc(NS(=O)(=O)c3ccccc3F)cc2)n1. The highest BCUT2D eigenvalue weighted by Gasteiger charge is 2.18. The highest BCUT2D eigenvalue weighted by molar-refractivity contribution is 8.01. The van der Waals surface area contributed by atoms with Crippen LogP contribution in [0, 0.1) is 12.7 Å². The van der Waals surface area contributed by atoms with Crippen molar-refractivity contribution in [1.29, 1.82) is 0 Å². The number of aryl methyl sites for hydroxylation is 1. The Kier molecular flexibility index (Phi) is 4.88. The average Bonchev–Trinajstić information content (AvgIpc) is 2.94. The standard InChI is InChI=1S/C16H13FN2O2S3/c1-11-10-22-16(18-11)23-13-8-6-12(7-9-13)19-24(20,21)15-5-3-2-4-14(15)17/h2-10,19H,1H3. The molecule has 0 unspecified atom stereocenters. The number of rotatable bonds is 5. The predicted molar refractivity (Wildman–Crippen MR) is 94.6 cm³/mol. The molecule has 0 bridgehead atoms. The van der Waals surface area contributed by atoms with E-state index in [2.05, 4.69) is 9.71 Å². The van der Waals surface area contributed by atoms with Crippen LogP contribution in [0.2, 0.25) is 0 Å². The van der Waals surface area contributed by atoms with Crippen molar-refractivity contribution in [3.05, 3.63) is 65.4 Å². The molecule has 0 atom stereocenters. The van der Waals surface area contributed by atoms with Gasteiger partial charge in [-0.2, -0.15) is 0 Å². The third-order valence-electron chi connectivity index (χ3n) is 3.04. The van der Waals surface area contributed by atoms with Crippen LogP contribution >= 0.6 is 23.1 Å². The van der Waals surface area contributed by atoms with Crippen LogP contribution in [0.15, 0.2) is 68.0 Å². The second-order valence-corrected chi connectivity index (χ2v) is 8.75. The Morgan fingerprint density at radius 1 is 1.12 bits per heavy atom. The monoisotopic (exact) mass is 380 g/mol. The van der Waals surface area contributed by atoms with Gasteiger partial charge < -0.3 is 0 Å². The minimum absolute atomic E-state index is 0.373. The molecule has 3 rings (SSSR count).